The molecule has 0 saturated heterocycles. The molecule has 2 heterocycles. The summed E-state index contributed by atoms with van der Waals surface area (Å²) in [5.74, 6) is -0.613. The fourth-order valence-electron chi connectivity index (χ4n) is 2.04. The molecule has 0 radical (unpaired) electrons. The molecule has 1 N–H and O–H groups in total. The van der Waals surface area contributed by atoms with Crippen LogP contribution in [0.15, 0.2) is 23.0 Å². The number of carbonyl (C=O) groups excluding carboxylic acids is 1. The summed E-state index contributed by atoms with van der Waals surface area (Å²) in [7, 11) is 5.21. The summed E-state index contributed by atoms with van der Waals surface area (Å²) in [5, 5.41) is 1.10. The molecule has 0 aromatic carbocycles. The summed E-state index contributed by atoms with van der Waals surface area (Å²) in [6.45, 7) is 1.98. The van der Waals surface area contributed by atoms with E-state index in [0.717, 1.165) is 21.1 Å². The predicted octanol–water partition coefficient (Wildman–Crippen LogP) is 2.52. The van der Waals surface area contributed by atoms with Crippen LogP contribution in [-0.4, -0.2) is 32.2 Å². The van der Waals surface area contributed by atoms with Crippen molar-refractivity contribution in [2.45, 2.75) is 13.3 Å². The van der Waals surface area contributed by atoms with E-state index in [0.29, 0.717) is 6.42 Å². The lowest BCUT2D eigenvalue weighted by Gasteiger charge is -2.09. The number of aromatic nitrogens is 1. The molecule has 5 nitrogen and oxygen atoms in total. The van der Waals surface area contributed by atoms with Gasteiger partial charge in [-0.3, -0.25) is 4.79 Å². The highest BCUT2D eigenvalue weighted by atomic mass is 32.1. The van der Waals surface area contributed by atoms with Crippen molar-refractivity contribution in [3.8, 4) is 10.6 Å². The predicted molar refractivity (Wildman–Crippen MR) is 85.4 cm³/mol. The Labute approximate surface area is 127 Å². The highest BCUT2D eigenvalue weighted by Crippen LogP contribution is 2.33. The van der Waals surface area contributed by atoms with Crippen LogP contribution in [0.5, 0.6) is 0 Å². The van der Waals surface area contributed by atoms with E-state index in [1.54, 1.807) is 17.4 Å². The van der Waals surface area contributed by atoms with Gasteiger partial charge in [0.2, 0.25) is 0 Å². The molecule has 0 saturated carbocycles. The van der Waals surface area contributed by atoms with Crippen molar-refractivity contribution in [3.63, 3.8) is 0 Å². The zero-order valence-electron chi connectivity index (χ0n) is 12.5. The Hall–Kier alpha value is -2.08. The van der Waals surface area contributed by atoms with Gasteiger partial charge in [-0.05, 0) is 30.2 Å². The van der Waals surface area contributed by atoms with Crippen LogP contribution in [0.2, 0.25) is 0 Å². The van der Waals surface area contributed by atoms with Gasteiger partial charge in [0.05, 0.1) is 22.7 Å². The molecule has 6 heteroatoms. The summed E-state index contributed by atoms with van der Waals surface area (Å²) in [5.41, 5.74) is 1.31. The number of anilines is 1. The monoisotopic (exact) mass is 306 g/mol. The second-order valence-electron chi connectivity index (χ2n) is 4.79. The summed E-state index contributed by atoms with van der Waals surface area (Å²) in [6.07, 6.45) is 0.714. The fraction of sp³-hybridized carbons (Fsp3) is 0.333. The minimum absolute atomic E-state index is 0.0440. The van der Waals surface area contributed by atoms with E-state index in [9.17, 15) is 9.59 Å². The molecule has 0 atom stereocenters. The average molecular weight is 306 g/mol. The number of rotatable bonds is 4. The van der Waals surface area contributed by atoms with Crippen LogP contribution in [-0.2, 0) is 11.2 Å². The number of thiophene rings is 1. The largest absolute Gasteiger partial charge is 0.465 e. The van der Waals surface area contributed by atoms with Crippen molar-refractivity contribution < 1.29 is 9.53 Å². The second-order valence-corrected chi connectivity index (χ2v) is 5.85. The van der Waals surface area contributed by atoms with Gasteiger partial charge in [-0.1, -0.05) is 6.92 Å². The molecule has 2 rings (SSSR count). The minimum Gasteiger partial charge on any atom is -0.465 e. The third kappa shape index (κ3) is 3.00. The first kappa shape index (κ1) is 15.3. The van der Waals surface area contributed by atoms with Crippen molar-refractivity contribution in [2.75, 3.05) is 26.1 Å². The van der Waals surface area contributed by atoms with E-state index in [2.05, 4.69) is 9.72 Å². The lowest BCUT2D eigenvalue weighted by atomic mass is 10.1. The van der Waals surface area contributed by atoms with Crippen LogP contribution in [0.25, 0.3) is 10.6 Å². The lowest BCUT2D eigenvalue weighted by Crippen LogP contribution is -2.20. The van der Waals surface area contributed by atoms with Gasteiger partial charge in [-0.2, -0.15) is 0 Å². The smallest absolute Gasteiger partial charge is 0.343 e. The van der Waals surface area contributed by atoms with E-state index in [-0.39, 0.29) is 5.56 Å². The minimum atomic E-state index is -0.613. The second kappa shape index (κ2) is 6.13. The topological polar surface area (TPSA) is 62.4 Å². The molecule has 0 aliphatic heterocycles. The standard InChI is InChI=1S/C15H18N2O3S/c1-5-9-8-10(15(19)20-4)14(18)16-13(9)11-6-7-12(21-11)17(2)3/h6-8H,5H2,1-4H3,(H,16,18). The molecule has 0 unspecified atom stereocenters. The van der Waals surface area contributed by atoms with Crippen molar-refractivity contribution in [1.82, 2.24) is 4.98 Å². The molecule has 2 aromatic rings. The number of nitrogens with one attached hydrogen (secondary N) is 1. The summed E-state index contributed by atoms with van der Waals surface area (Å²) >= 11 is 1.59. The number of carbonyl (C=O) groups is 1. The number of aromatic amines is 1. The van der Waals surface area contributed by atoms with E-state index in [1.165, 1.54) is 7.11 Å². The van der Waals surface area contributed by atoms with Crippen LogP contribution >= 0.6 is 11.3 Å². The fourth-order valence-corrected chi connectivity index (χ4v) is 3.00. The zero-order valence-corrected chi connectivity index (χ0v) is 13.3. The van der Waals surface area contributed by atoms with Gasteiger partial charge in [0.15, 0.2) is 0 Å². The lowest BCUT2D eigenvalue weighted by molar-refractivity contribution is 0.0598. The Morgan fingerprint density at radius 2 is 2.10 bits per heavy atom. The first-order valence-corrected chi connectivity index (χ1v) is 7.41. The van der Waals surface area contributed by atoms with E-state index in [1.807, 2.05) is 38.1 Å². The van der Waals surface area contributed by atoms with Crippen molar-refractivity contribution in [3.05, 3.63) is 39.7 Å². The van der Waals surface area contributed by atoms with Crippen LogP contribution < -0.4 is 10.5 Å². The first-order chi connectivity index (χ1) is 9.97. The maximum atomic E-state index is 12.1. The van der Waals surface area contributed by atoms with Crippen LogP contribution in [0.3, 0.4) is 0 Å². The maximum absolute atomic E-state index is 12.1. The van der Waals surface area contributed by atoms with E-state index in [4.69, 9.17) is 0 Å². The number of hydrogen-bond acceptors (Lipinski definition) is 5. The number of aryl methyl sites for hydroxylation is 1. The summed E-state index contributed by atoms with van der Waals surface area (Å²) in [6, 6.07) is 5.60. The third-order valence-corrected chi connectivity index (χ3v) is 4.46. The Morgan fingerprint density at radius 3 is 2.62 bits per heavy atom. The molecule has 0 aliphatic rings. The average Bonchev–Trinajstić information content (AvgIpc) is 2.96. The highest BCUT2D eigenvalue weighted by molar-refractivity contribution is 7.19. The molecular formula is C15H18N2O3S. The number of nitrogens with zero attached hydrogens (tertiary/aromatic N) is 1. The zero-order chi connectivity index (χ0) is 15.6. The SMILES string of the molecule is CCc1cc(C(=O)OC)c(=O)[nH]c1-c1ccc(N(C)C)s1. The van der Waals surface area contributed by atoms with Gasteiger partial charge in [-0.15, -0.1) is 11.3 Å². The van der Waals surface area contributed by atoms with Crippen LogP contribution in [0, 0.1) is 0 Å². The number of pyridine rings is 1. The third-order valence-electron chi connectivity index (χ3n) is 3.19. The Balaban J connectivity index is 2.55. The number of methoxy groups -OCH3 is 1. The van der Waals surface area contributed by atoms with Crippen molar-refractivity contribution >= 4 is 22.3 Å². The van der Waals surface area contributed by atoms with Gasteiger partial charge in [-0.25, -0.2) is 4.79 Å². The highest BCUT2D eigenvalue weighted by Gasteiger charge is 2.16. The molecule has 0 fully saturated rings. The van der Waals surface area contributed by atoms with Gasteiger partial charge < -0.3 is 14.6 Å². The summed E-state index contributed by atoms with van der Waals surface area (Å²) in [4.78, 5) is 29.5. The molecule has 0 aliphatic carbocycles. The van der Waals surface area contributed by atoms with Gasteiger partial charge >= 0.3 is 5.97 Å². The Morgan fingerprint density at radius 1 is 1.38 bits per heavy atom. The maximum Gasteiger partial charge on any atom is 0.343 e. The molecule has 2 aromatic heterocycles. The molecule has 21 heavy (non-hydrogen) atoms. The molecule has 0 spiro atoms. The Bertz CT molecular complexity index is 716. The van der Waals surface area contributed by atoms with Gasteiger partial charge in [0, 0.05) is 14.1 Å². The summed E-state index contributed by atoms with van der Waals surface area (Å²) < 4.78 is 4.63. The van der Waals surface area contributed by atoms with Crippen molar-refractivity contribution in [1.29, 1.82) is 0 Å². The van der Waals surface area contributed by atoms with E-state index < -0.39 is 11.5 Å². The number of esters is 1. The van der Waals surface area contributed by atoms with Crippen LogP contribution in [0.4, 0.5) is 5.00 Å². The van der Waals surface area contributed by atoms with Gasteiger partial charge in [0.1, 0.15) is 5.56 Å². The molecule has 112 valence electrons. The quantitative estimate of drug-likeness (QED) is 0.882. The first-order valence-electron chi connectivity index (χ1n) is 6.60. The van der Waals surface area contributed by atoms with Gasteiger partial charge in [0.25, 0.3) is 5.56 Å². The van der Waals surface area contributed by atoms with E-state index >= 15 is 0 Å². The number of H-pyrrole nitrogens is 1. The molecular weight excluding hydrogens is 288 g/mol. The molecule has 0 amide bonds. The normalized spacial score (nSPS) is 10.5. The number of ether oxygens (including phenoxy) is 1. The number of hydrogen-bond donors (Lipinski definition) is 1. The van der Waals surface area contributed by atoms with Crippen molar-refractivity contribution in [2.24, 2.45) is 0 Å². The van der Waals surface area contributed by atoms with Crippen LogP contribution in [0.1, 0.15) is 22.8 Å². The Kier molecular flexibility index (Phi) is 4.47. The molecule has 0 bridgehead atoms.